The smallest absolute Gasteiger partial charge is 0.0434 e. The molecule has 0 spiro atoms. The third-order valence-corrected chi connectivity index (χ3v) is 28.6. The van der Waals surface area contributed by atoms with Crippen molar-refractivity contribution in [2.45, 2.75) is 0 Å². The monoisotopic (exact) mass is 1610 g/mol. The van der Waals surface area contributed by atoms with Crippen molar-refractivity contribution in [1.82, 2.24) is 0 Å². The number of benzene rings is 22. The summed E-state index contributed by atoms with van der Waals surface area (Å²) >= 11 is 5.72. The zero-order chi connectivity index (χ0) is 81.3. The molecule has 0 bridgehead atoms. The van der Waals surface area contributed by atoms with Crippen molar-refractivity contribution >= 4 is 159 Å². The van der Waals surface area contributed by atoms with Crippen LogP contribution >= 0.6 is 34.0 Å². The van der Waals surface area contributed by atoms with Gasteiger partial charge in [0.1, 0.15) is 0 Å². The minimum absolute atomic E-state index is 1.23. The standard InChI is InChI=1S/C44H28S.2C38H24S/c1-3-12-29(13-4-1)31-22-23-43-41(25-31)42-28-35(30-14-5-2-6-15-30)27-40(44(42)45-43)33-18-11-17-32(24-33)39-26-34-16-7-8-19-36(34)37-20-9-10-21-38(37)39;1-2-11-25(12-3-1)30-19-9-21-34-35-22-10-20-31(38(35)39-37(30)34)26-14-8-15-27(23-26)36-24-28-13-4-5-16-29(28)32-17-6-7-18-33(32)36;1-2-10-25(11-3-1)30-16-8-18-34-35-19-9-17-31(38(35)39-37(30)34)26-20-22-27(23-21-26)36-24-28-12-4-5-13-29(28)32-14-6-7-15-33(32)36/h1-28H;2*1-24H. The van der Waals surface area contributed by atoms with Crippen molar-refractivity contribution in [3.8, 4) is 111 Å². The summed E-state index contributed by atoms with van der Waals surface area (Å²) in [7, 11) is 0. The van der Waals surface area contributed by atoms with Crippen LogP contribution in [0.25, 0.3) is 236 Å². The number of hydrogen-bond acceptors (Lipinski definition) is 3. The summed E-state index contributed by atoms with van der Waals surface area (Å²) in [5, 5.41) is 23.4. The minimum Gasteiger partial charge on any atom is -0.135 e. The average Bonchev–Trinajstić information content (AvgIpc) is 1.67. The highest BCUT2D eigenvalue weighted by Crippen LogP contribution is 2.50. The second kappa shape index (κ2) is 31.3. The zero-order valence-corrected chi connectivity index (χ0v) is 69.6. The molecule has 0 unspecified atom stereocenters. The molecular formula is C120H76S3. The lowest BCUT2D eigenvalue weighted by molar-refractivity contribution is 1.62. The van der Waals surface area contributed by atoms with E-state index in [2.05, 4.69) is 461 Å². The average molecular weight is 1610 g/mol. The molecule has 0 nitrogen and oxygen atoms in total. The third-order valence-electron chi connectivity index (χ3n) is 24.8. The first-order valence-electron chi connectivity index (χ1n) is 42.1. The topological polar surface area (TPSA) is 0 Å². The number of rotatable bonds is 10. The van der Waals surface area contributed by atoms with Gasteiger partial charge in [0.05, 0.1) is 0 Å². The van der Waals surface area contributed by atoms with E-state index in [1.54, 1.807) is 0 Å². The normalized spacial score (nSPS) is 11.6. The third kappa shape index (κ3) is 13.3. The molecule has 123 heavy (non-hydrogen) atoms. The molecule has 0 N–H and O–H groups in total. The van der Waals surface area contributed by atoms with Gasteiger partial charge in [-0.3, -0.25) is 0 Å². The molecule has 25 aromatic rings. The lowest BCUT2D eigenvalue weighted by atomic mass is 9.91. The van der Waals surface area contributed by atoms with Gasteiger partial charge in [0.25, 0.3) is 0 Å². The highest BCUT2D eigenvalue weighted by atomic mass is 32.1. The summed E-state index contributed by atoms with van der Waals surface area (Å²) in [4.78, 5) is 0. The first-order chi connectivity index (χ1) is 61.0. The molecule has 0 amide bonds. The quantitative estimate of drug-likeness (QED) is 0.120. The fourth-order valence-corrected chi connectivity index (χ4v) is 22.8. The van der Waals surface area contributed by atoms with E-state index in [-0.39, 0.29) is 0 Å². The van der Waals surface area contributed by atoms with Crippen molar-refractivity contribution in [1.29, 1.82) is 0 Å². The highest BCUT2D eigenvalue weighted by molar-refractivity contribution is 7.27. The lowest BCUT2D eigenvalue weighted by Gasteiger charge is -2.13. The van der Waals surface area contributed by atoms with Gasteiger partial charge < -0.3 is 0 Å². The molecular weight excluding hydrogens is 1540 g/mol. The Balaban J connectivity index is 0.000000107. The summed E-state index contributed by atoms with van der Waals surface area (Å²) in [6.45, 7) is 0. The van der Waals surface area contributed by atoms with Crippen molar-refractivity contribution in [2.24, 2.45) is 0 Å². The van der Waals surface area contributed by atoms with E-state index in [0.717, 1.165) is 0 Å². The Labute approximate surface area is 725 Å². The largest absolute Gasteiger partial charge is 0.135 e. The second-order valence-corrected chi connectivity index (χ2v) is 35.0. The Morgan fingerprint density at radius 2 is 0.366 bits per heavy atom. The van der Waals surface area contributed by atoms with Crippen LogP contribution in [0.4, 0.5) is 0 Å². The van der Waals surface area contributed by atoms with Crippen LogP contribution in [0.1, 0.15) is 0 Å². The Morgan fingerprint density at radius 3 is 0.772 bits per heavy atom. The lowest BCUT2D eigenvalue weighted by Crippen LogP contribution is -1.87. The Kier molecular flexibility index (Phi) is 18.7. The molecule has 3 aromatic heterocycles. The van der Waals surface area contributed by atoms with Crippen LogP contribution in [0.5, 0.6) is 0 Å². The molecule has 3 heterocycles. The fraction of sp³-hybridized carbons (Fsp3) is 0. The number of hydrogen-bond donors (Lipinski definition) is 0. The van der Waals surface area contributed by atoms with Crippen LogP contribution < -0.4 is 0 Å². The van der Waals surface area contributed by atoms with E-state index in [4.69, 9.17) is 0 Å². The van der Waals surface area contributed by atoms with Gasteiger partial charge in [0.15, 0.2) is 0 Å². The van der Waals surface area contributed by atoms with Gasteiger partial charge in [-0.05, 0) is 225 Å². The molecule has 0 radical (unpaired) electrons. The molecule has 0 aliphatic carbocycles. The Hall–Kier alpha value is -14.9. The summed E-state index contributed by atoms with van der Waals surface area (Å²) in [6.07, 6.45) is 0. The molecule has 22 aromatic carbocycles. The maximum atomic E-state index is 2.39. The molecule has 3 heteroatoms. The van der Waals surface area contributed by atoms with Crippen LogP contribution in [-0.4, -0.2) is 0 Å². The van der Waals surface area contributed by atoms with Crippen molar-refractivity contribution < 1.29 is 0 Å². The molecule has 574 valence electrons. The van der Waals surface area contributed by atoms with Crippen LogP contribution in [0, 0.1) is 0 Å². The maximum Gasteiger partial charge on any atom is 0.0434 e. The summed E-state index contributed by atoms with van der Waals surface area (Å²) in [5.74, 6) is 0. The van der Waals surface area contributed by atoms with E-state index in [0.29, 0.717) is 0 Å². The Morgan fingerprint density at radius 1 is 0.106 bits per heavy atom. The highest BCUT2D eigenvalue weighted by Gasteiger charge is 2.21. The number of thiophene rings is 3. The van der Waals surface area contributed by atoms with Gasteiger partial charge in [0, 0.05) is 66.1 Å². The molecule has 0 fully saturated rings. The van der Waals surface area contributed by atoms with Crippen LogP contribution in [0.15, 0.2) is 461 Å². The first-order valence-corrected chi connectivity index (χ1v) is 44.6. The van der Waals surface area contributed by atoms with Gasteiger partial charge in [-0.25, -0.2) is 0 Å². The maximum absolute atomic E-state index is 2.39. The van der Waals surface area contributed by atoms with Gasteiger partial charge in [0.2, 0.25) is 0 Å². The van der Waals surface area contributed by atoms with Gasteiger partial charge in [-0.1, -0.05) is 406 Å². The molecule has 0 saturated carbocycles. The molecule has 0 aliphatic rings. The molecule has 0 saturated heterocycles. The first kappa shape index (κ1) is 73.2. The summed E-state index contributed by atoms with van der Waals surface area (Å²) in [6, 6.07) is 168. The van der Waals surface area contributed by atoms with Crippen molar-refractivity contribution in [2.75, 3.05) is 0 Å². The predicted octanol–water partition coefficient (Wildman–Crippen LogP) is 35.8. The molecule has 0 atom stereocenters. The fourth-order valence-electron chi connectivity index (χ4n) is 18.9. The van der Waals surface area contributed by atoms with Crippen LogP contribution in [-0.2, 0) is 0 Å². The van der Waals surface area contributed by atoms with E-state index in [1.807, 2.05) is 34.0 Å². The van der Waals surface area contributed by atoms with E-state index in [9.17, 15) is 0 Å². The Bertz CT molecular complexity index is 8400. The van der Waals surface area contributed by atoms with Gasteiger partial charge >= 0.3 is 0 Å². The van der Waals surface area contributed by atoms with E-state index >= 15 is 0 Å². The van der Waals surface area contributed by atoms with Crippen LogP contribution in [0.2, 0.25) is 0 Å². The van der Waals surface area contributed by atoms with Gasteiger partial charge in [-0.2, -0.15) is 0 Å². The van der Waals surface area contributed by atoms with Crippen LogP contribution in [0.3, 0.4) is 0 Å². The SMILES string of the molecule is c1ccc(-c2ccc3sc4c(-c5cccc(-c6cc7ccccc7c7ccccc67)c5)cc(-c5ccccc5)cc4c3c2)cc1.c1ccc(-c2cccc3c2sc2c(-c4ccc(-c5cc6ccccc6c6ccccc56)cc4)cccc23)cc1.c1ccc(-c2cccc3c2sc2c(-c4cccc(-c5cc6ccccc6c6ccccc56)c4)cccc23)cc1. The van der Waals surface area contributed by atoms with Crippen molar-refractivity contribution in [3.63, 3.8) is 0 Å². The van der Waals surface area contributed by atoms with E-state index < -0.39 is 0 Å². The number of fused-ring (bicyclic) bond motifs is 18. The summed E-state index contributed by atoms with van der Waals surface area (Å²) < 4.78 is 8.03. The second-order valence-electron chi connectivity index (χ2n) is 31.9. The van der Waals surface area contributed by atoms with Crippen molar-refractivity contribution in [3.05, 3.63) is 461 Å². The van der Waals surface area contributed by atoms with Gasteiger partial charge in [-0.15, -0.1) is 34.0 Å². The predicted molar refractivity (Wildman–Crippen MR) is 537 cm³/mol. The summed E-state index contributed by atoms with van der Waals surface area (Å²) in [5.41, 5.74) is 25.3. The minimum atomic E-state index is 1.23. The molecule has 0 aliphatic heterocycles. The zero-order valence-electron chi connectivity index (χ0n) is 67.1. The molecule has 25 rings (SSSR count). The van der Waals surface area contributed by atoms with E-state index in [1.165, 1.54) is 236 Å².